The van der Waals surface area contributed by atoms with E-state index in [-0.39, 0.29) is 5.56 Å². The smallest absolute Gasteiger partial charge is 0.339 e. The Morgan fingerprint density at radius 3 is 2.88 bits per heavy atom. The summed E-state index contributed by atoms with van der Waals surface area (Å²) in [6.45, 7) is 0. The number of fused-ring (bicyclic) bond motifs is 1. The van der Waals surface area contributed by atoms with E-state index in [1.807, 2.05) is 12.1 Å². The number of nitriles is 1. The standard InChI is InChI=1S/C17H13N5O2/c18-7-10-5-12-3-4-16(22(12)20-8-10)15-6-14(21-11-1-2-11)13(9-19-15)17(23)24/h3-6,8-9,11H,1-2H2,(H,19,21)(H,23,24). The molecule has 3 aromatic rings. The van der Waals surface area contributed by atoms with Crippen molar-refractivity contribution in [3.63, 3.8) is 0 Å². The van der Waals surface area contributed by atoms with Crippen molar-refractivity contribution >= 4 is 17.2 Å². The molecule has 0 saturated heterocycles. The molecular formula is C17H13N5O2. The summed E-state index contributed by atoms with van der Waals surface area (Å²) in [6, 6.07) is 9.58. The summed E-state index contributed by atoms with van der Waals surface area (Å²) in [5.74, 6) is -1.01. The molecule has 1 aliphatic carbocycles. The monoisotopic (exact) mass is 319 g/mol. The highest BCUT2D eigenvalue weighted by Crippen LogP contribution is 2.30. The quantitative estimate of drug-likeness (QED) is 0.766. The zero-order chi connectivity index (χ0) is 16.7. The van der Waals surface area contributed by atoms with Gasteiger partial charge in [0.05, 0.1) is 34.4 Å². The summed E-state index contributed by atoms with van der Waals surface area (Å²) in [6.07, 6.45) is 4.95. The first kappa shape index (κ1) is 14.2. The average molecular weight is 319 g/mol. The van der Waals surface area contributed by atoms with Crippen LogP contribution in [0, 0.1) is 11.3 Å². The maximum atomic E-state index is 11.4. The number of nitrogens with zero attached hydrogens (tertiary/aromatic N) is 4. The molecule has 0 atom stereocenters. The largest absolute Gasteiger partial charge is 0.478 e. The van der Waals surface area contributed by atoms with Crippen LogP contribution in [0.4, 0.5) is 5.69 Å². The highest BCUT2D eigenvalue weighted by Gasteiger charge is 2.24. The molecule has 118 valence electrons. The first-order valence-corrected chi connectivity index (χ1v) is 7.54. The summed E-state index contributed by atoms with van der Waals surface area (Å²) in [4.78, 5) is 15.7. The van der Waals surface area contributed by atoms with Crippen LogP contribution in [0.15, 0.2) is 36.7 Å². The lowest BCUT2D eigenvalue weighted by Crippen LogP contribution is -2.09. The van der Waals surface area contributed by atoms with Gasteiger partial charge in [-0.15, -0.1) is 0 Å². The fourth-order valence-corrected chi connectivity index (χ4v) is 2.59. The minimum absolute atomic E-state index is 0.159. The Bertz CT molecular complexity index is 998. The molecule has 0 radical (unpaired) electrons. The van der Waals surface area contributed by atoms with Crippen molar-refractivity contribution in [2.75, 3.05) is 5.32 Å². The molecule has 4 rings (SSSR count). The third kappa shape index (κ3) is 2.44. The number of hydrogen-bond donors (Lipinski definition) is 2. The van der Waals surface area contributed by atoms with Crippen LogP contribution in [0.5, 0.6) is 0 Å². The van der Waals surface area contributed by atoms with Crippen LogP contribution in [-0.2, 0) is 0 Å². The van der Waals surface area contributed by atoms with E-state index >= 15 is 0 Å². The summed E-state index contributed by atoms with van der Waals surface area (Å²) >= 11 is 0. The summed E-state index contributed by atoms with van der Waals surface area (Å²) in [7, 11) is 0. The van der Waals surface area contributed by atoms with Gasteiger partial charge in [0.1, 0.15) is 11.6 Å². The van der Waals surface area contributed by atoms with Crippen LogP contribution in [0.2, 0.25) is 0 Å². The van der Waals surface area contributed by atoms with Gasteiger partial charge in [-0.25, -0.2) is 9.31 Å². The summed E-state index contributed by atoms with van der Waals surface area (Å²) < 4.78 is 1.69. The van der Waals surface area contributed by atoms with Crippen molar-refractivity contribution < 1.29 is 9.90 Å². The van der Waals surface area contributed by atoms with Crippen molar-refractivity contribution in [3.8, 4) is 17.5 Å². The van der Waals surface area contributed by atoms with Crippen LogP contribution < -0.4 is 5.32 Å². The Morgan fingerprint density at radius 2 is 2.17 bits per heavy atom. The molecule has 3 heterocycles. The molecule has 0 aliphatic heterocycles. The SMILES string of the molecule is N#Cc1cnn2c(-c3cc(NC4CC4)c(C(=O)O)cn3)ccc2c1. The number of aromatic nitrogens is 3. The maximum Gasteiger partial charge on any atom is 0.339 e. The summed E-state index contributed by atoms with van der Waals surface area (Å²) in [5, 5.41) is 25.8. The van der Waals surface area contributed by atoms with E-state index in [0.717, 1.165) is 24.1 Å². The van der Waals surface area contributed by atoms with E-state index in [2.05, 4.69) is 21.5 Å². The lowest BCUT2D eigenvalue weighted by atomic mass is 10.1. The van der Waals surface area contributed by atoms with Crippen molar-refractivity contribution in [2.45, 2.75) is 18.9 Å². The first-order chi connectivity index (χ1) is 11.7. The molecule has 0 bridgehead atoms. The lowest BCUT2D eigenvalue weighted by Gasteiger charge is -2.10. The minimum atomic E-state index is -1.01. The van der Waals surface area contributed by atoms with Gasteiger partial charge in [-0.3, -0.25) is 4.98 Å². The van der Waals surface area contributed by atoms with Crippen LogP contribution in [0.25, 0.3) is 16.9 Å². The molecule has 3 aromatic heterocycles. The van der Waals surface area contributed by atoms with Crippen molar-refractivity contribution in [2.24, 2.45) is 0 Å². The fourth-order valence-electron chi connectivity index (χ4n) is 2.59. The van der Waals surface area contributed by atoms with Gasteiger partial charge in [0, 0.05) is 12.2 Å². The van der Waals surface area contributed by atoms with Gasteiger partial charge >= 0.3 is 5.97 Å². The molecule has 7 heteroatoms. The number of rotatable bonds is 4. The number of carbonyl (C=O) groups is 1. The van der Waals surface area contributed by atoms with Crippen LogP contribution in [-0.4, -0.2) is 31.7 Å². The Kier molecular flexibility index (Phi) is 3.17. The second-order valence-electron chi connectivity index (χ2n) is 5.75. The van der Waals surface area contributed by atoms with E-state index in [4.69, 9.17) is 5.26 Å². The van der Waals surface area contributed by atoms with E-state index in [1.54, 1.807) is 16.6 Å². The zero-order valence-electron chi connectivity index (χ0n) is 12.6. The third-order valence-electron chi connectivity index (χ3n) is 3.96. The van der Waals surface area contributed by atoms with Crippen molar-refractivity contribution in [1.29, 1.82) is 5.26 Å². The number of carboxylic acid groups (broad SMARTS) is 1. The van der Waals surface area contributed by atoms with E-state index in [1.165, 1.54) is 12.4 Å². The van der Waals surface area contributed by atoms with Gasteiger partial charge in [0.2, 0.25) is 0 Å². The molecule has 0 unspecified atom stereocenters. The van der Waals surface area contributed by atoms with E-state index in [0.29, 0.717) is 23.0 Å². The highest BCUT2D eigenvalue weighted by molar-refractivity contribution is 5.94. The molecule has 0 amide bonds. The molecular weight excluding hydrogens is 306 g/mol. The molecule has 24 heavy (non-hydrogen) atoms. The molecule has 1 aliphatic rings. The van der Waals surface area contributed by atoms with E-state index < -0.39 is 5.97 Å². The Balaban J connectivity index is 1.81. The van der Waals surface area contributed by atoms with Crippen LogP contribution >= 0.6 is 0 Å². The minimum Gasteiger partial charge on any atom is -0.478 e. The molecule has 2 N–H and O–H groups in total. The molecule has 1 saturated carbocycles. The maximum absolute atomic E-state index is 11.4. The topological polar surface area (TPSA) is 103 Å². The third-order valence-corrected chi connectivity index (χ3v) is 3.96. The van der Waals surface area contributed by atoms with Gasteiger partial charge in [0.15, 0.2) is 0 Å². The fraction of sp³-hybridized carbons (Fsp3) is 0.176. The normalized spacial score (nSPS) is 13.6. The number of nitrogens with one attached hydrogen (secondary N) is 1. The van der Waals surface area contributed by atoms with Crippen LogP contribution in [0.1, 0.15) is 28.8 Å². The lowest BCUT2D eigenvalue weighted by molar-refractivity contribution is 0.0697. The molecule has 0 spiro atoms. The number of aromatic carboxylic acids is 1. The van der Waals surface area contributed by atoms with Gasteiger partial charge in [-0.1, -0.05) is 0 Å². The van der Waals surface area contributed by atoms with Crippen LogP contribution in [0.3, 0.4) is 0 Å². The molecule has 1 fully saturated rings. The number of pyridine rings is 1. The average Bonchev–Trinajstić information content (AvgIpc) is 3.30. The molecule has 0 aromatic carbocycles. The Hall–Kier alpha value is -3.40. The number of anilines is 1. The van der Waals surface area contributed by atoms with Crippen molar-refractivity contribution in [1.82, 2.24) is 14.6 Å². The van der Waals surface area contributed by atoms with E-state index in [9.17, 15) is 9.90 Å². The van der Waals surface area contributed by atoms with Gasteiger partial charge in [-0.05, 0) is 37.1 Å². The number of hydrogen-bond acceptors (Lipinski definition) is 5. The van der Waals surface area contributed by atoms with Gasteiger partial charge in [0.25, 0.3) is 0 Å². The van der Waals surface area contributed by atoms with Gasteiger partial charge in [-0.2, -0.15) is 10.4 Å². The second-order valence-corrected chi connectivity index (χ2v) is 5.75. The predicted octanol–water partition coefficient (Wildman–Crippen LogP) is 2.54. The number of carboxylic acids is 1. The highest BCUT2D eigenvalue weighted by atomic mass is 16.4. The first-order valence-electron chi connectivity index (χ1n) is 7.54. The molecule has 7 nitrogen and oxygen atoms in total. The van der Waals surface area contributed by atoms with Crippen molar-refractivity contribution in [3.05, 3.63) is 47.8 Å². The summed E-state index contributed by atoms with van der Waals surface area (Å²) in [5.41, 5.74) is 3.36. The van der Waals surface area contributed by atoms with Gasteiger partial charge < -0.3 is 10.4 Å². The zero-order valence-corrected chi connectivity index (χ0v) is 12.6. The second kappa shape index (κ2) is 5.35. The Morgan fingerprint density at radius 1 is 1.33 bits per heavy atom. The predicted molar refractivity (Wildman–Crippen MR) is 86.7 cm³/mol. The Labute approximate surface area is 137 Å².